The molecule has 0 atom stereocenters. The Balaban J connectivity index is 1.60. The molecule has 0 radical (unpaired) electrons. The lowest BCUT2D eigenvalue weighted by Gasteiger charge is -2.18. The summed E-state index contributed by atoms with van der Waals surface area (Å²) < 4.78 is 171. The molecule has 9 aromatic rings. The summed E-state index contributed by atoms with van der Waals surface area (Å²) >= 11 is 0. The van der Waals surface area contributed by atoms with Gasteiger partial charge in [0.1, 0.15) is 22.3 Å². The number of para-hydroxylation sites is 2. The molecule has 0 aliphatic heterocycles. The molecule has 0 spiro atoms. The third kappa shape index (κ3) is 2.93. The van der Waals surface area contributed by atoms with Crippen LogP contribution in [0.4, 0.5) is 0 Å². The van der Waals surface area contributed by atoms with E-state index < -0.39 is 95.7 Å². The van der Waals surface area contributed by atoms with Crippen LogP contribution in [-0.2, 0) is 0 Å². The van der Waals surface area contributed by atoms with E-state index >= 15 is 0 Å². The van der Waals surface area contributed by atoms with E-state index in [0.29, 0.717) is 0 Å². The van der Waals surface area contributed by atoms with Crippen LogP contribution in [0, 0.1) is 0 Å². The SMILES string of the molecule is [2H]c1c([2H])c([2H])c2c(oc3c([2H])c([2H])c(-c4c5c([2H])ccc([2H])c5c(-c5c([2H])c([2H])c([2H])c6oc7c([2H])c([2H])c([2H])c([2H])c7c56)c5c([2H])ccc([2H])c45)c([2H])c32)c1[2H]. The van der Waals surface area contributed by atoms with Crippen molar-refractivity contribution in [3.8, 4) is 22.3 Å². The summed E-state index contributed by atoms with van der Waals surface area (Å²) in [7, 11) is 0. The fourth-order valence-corrected chi connectivity index (χ4v) is 5.30. The van der Waals surface area contributed by atoms with E-state index in [1.807, 2.05) is 0 Å². The number of fused-ring (bicyclic) bond motifs is 8. The third-order valence-corrected chi connectivity index (χ3v) is 6.91. The molecule has 0 amide bonds. The third-order valence-electron chi connectivity index (χ3n) is 6.91. The van der Waals surface area contributed by atoms with Gasteiger partial charge in [-0.25, -0.2) is 0 Å². The summed E-state index contributed by atoms with van der Waals surface area (Å²) in [6, 6.07) is -5.24. The largest absolute Gasteiger partial charge is 0.456 e. The number of rotatable bonds is 2. The Morgan fingerprint density at radius 3 is 1.68 bits per heavy atom. The van der Waals surface area contributed by atoms with E-state index in [1.54, 1.807) is 0 Å². The molecule has 2 heterocycles. The van der Waals surface area contributed by atoms with Crippen LogP contribution >= 0.6 is 0 Å². The maximum Gasteiger partial charge on any atom is 0.136 e. The highest BCUT2D eigenvalue weighted by atomic mass is 16.3. The molecule has 2 heteroatoms. The molecule has 0 unspecified atom stereocenters. The number of hydrogen-bond acceptors (Lipinski definition) is 2. The molecule has 0 N–H and O–H groups in total. The second kappa shape index (κ2) is 8.08. The number of benzene rings is 7. The Morgan fingerprint density at radius 2 is 0.950 bits per heavy atom. The van der Waals surface area contributed by atoms with Gasteiger partial charge >= 0.3 is 0 Å². The van der Waals surface area contributed by atoms with Gasteiger partial charge in [0.25, 0.3) is 0 Å². The van der Waals surface area contributed by atoms with Crippen molar-refractivity contribution in [3.63, 3.8) is 0 Å². The highest BCUT2D eigenvalue weighted by molar-refractivity contribution is 6.26. The molecule has 2 nitrogen and oxygen atoms in total. The van der Waals surface area contributed by atoms with Crippen LogP contribution < -0.4 is 0 Å². The zero-order valence-electron chi connectivity index (χ0n) is 38.1. The Morgan fingerprint density at radius 1 is 0.400 bits per heavy atom. The van der Waals surface area contributed by atoms with E-state index in [1.165, 1.54) is 24.3 Å². The lowest BCUT2D eigenvalue weighted by atomic mass is 9.84. The molecular formula is C38H22O2. The normalized spacial score (nSPS) is 18.3. The Labute approximate surface area is 255 Å². The summed E-state index contributed by atoms with van der Waals surface area (Å²) in [5, 5.41) is -1.77. The predicted octanol–water partition coefficient (Wildman–Crippen LogP) is 11.1. The van der Waals surface area contributed by atoms with Crippen molar-refractivity contribution < 1.29 is 33.5 Å². The van der Waals surface area contributed by atoms with Gasteiger partial charge in [0.2, 0.25) is 0 Å². The van der Waals surface area contributed by atoms with E-state index in [2.05, 4.69) is 0 Å². The summed E-state index contributed by atoms with van der Waals surface area (Å²) in [6.45, 7) is 0. The summed E-state index contributed by atoms with van der Waals surface area (Å²) in [4.78, 5) is 0. The first-order valence-electron chi connectivity index (χ1n) is 21.1. The van der Waals surface area contributed by atoms with E-state index in [9.17, 15) is 9.60 Å². The first kappa shape index (κ1) is 10.7. The van der Waals surface area contributed by atoms with Gasteiger partial charge in [0, 0.05) is 21.5 Å². The molecule has 0 aliphatic rings. The molecule has 40 heavy (non-hydrogen) atoms. The van der Waals surface area contributed by atoms with Crippen LogP contribution in [-0.4, -0.2) is 0 Å². The van der Waals surface area contributed by atoms with Gasteiger partial charge in [-0.15, -0.1) is 0 Å². The quantitative estimate of drug-likeness (QED) is 0.209. The molecule has 9 rings (SSSR count). The molecule has 0 bridgehead atoms. The smallest absolute Gasteiger partial charge is 0.136 e. The molecule has 0 fully saturated rings. The lowest BCUT2D eigenvalue weighted by Crippen LogP contribution is -1.91. The van der Waals surface area contributed by atoms with Crippen molar-refractivity contribution in [3.05, 3.63) is 133 Å². The van der Waals surface area contributed by atoms with Gasteiger partial charge in [-0.2, -0.15) is 0 Å². The molecule has 7 aromatic carbocycles. The topological polar surface area (TPSA) is 26.3 Å². The second-order valence-electron chi connectivity index (χ2n) is 9.01. The van der Waals surface area contributed by atoms with Crippen molar-refractivity contribution in [1.82, 2.24) is 0 Å². The van der Waals surface area contributed by atoms with Crippen LogP contribution in [0.15, 0.2) is 142 Å². The minimum absolute atomic E-state index is 0.194. The van der Waals surface area contributed by atoms with E-state index in [0.717, 1.165) is 0 Å². The fraction of sp³-hybridized carbons (Fsp3) is 0. The Kier molecular flexibility index (Phi) is 2.16. The van der Waals surface area contributed by atoms with E-state index in [-0.39, 0.29) is 101 Å². The predicted molar refractivity (Wildman–Crippen MR) is 167 cm³/mol. The van der Waals surface area contributed by atoms with Gasteiger partial charge in [-0.3, -0.25) is 0 Å². The van der Waals surface area contributed by atoms with Crippen LogP contribution in [0.1, 0.15) is 24.7 Å². The first-order chi connectivity index (χ1) is 27.3. The Bertz CT molecular complexity index is 3370. The average molecular weight is 529 g/mol. The monoisotopic (exact) mass is 528 g/mol. The van der Waals surface area contributed by atoms with Crippen LogP contribution in [0.3, 0.4) is 0 Å². The lowest BCUT2D eigenvalue weighted by molar-refractivity contribution is 0.668. The zero-order chi connectivity index (χ0) is 41.9. The van der Waals surface area contributed by atoms with Crippen LogP contribution in [0.2, 0.25) is 0 Å². The van der Waals surface area contributed by atoms with Gasteiger partial charge in [0.15, 0.2) is 0 Å². The highest BCUT2D eigenvalue weighted by Crippen LogP contribution is 2.47. The van der Waals surface area contributed by atoms with Gasteiger partial charge in [-0.1, -0.05) is 103 Å². The summed E-state index contributed by atoms with van der Waals surface area (Å²) in [6.07, 6.45) is 0. The van der Waals surface area contributed by atoms with E-state index in [4.69, 9.17) is 23.9 Å². The van der Waals surface area contributed by atoms with Crippen molar-refractivity contribution >= 4 is 65.4 Å². The molecule has 0 aliphatic carbocycles. The maximum atomic E-state index is 9.57. The van der Waals surface area contributed by atoms with Gasteiger partial charge in [-0.05, 0) is 74.0 Å². The number of hydrogen-bond donors (Lipinski definition) is 0. The number of furan rings is 2. The molecule has 2 aromatic heterocycles. The highest BCUT2D eigenvalue weighted by Gasteiger charge is 2.20. The second-order valence-corrected chi connectivity index (χ2v) is 9.01. The fourth-order valence-electron chi connectivity index (χ4n) is 5.30. The standard InChI is InChI=1S/C38H22O2/c1-3-13-27-25(11-1)36(23-20-21-34-31(22-23)24-10-5-7-17-32(24)39-34)26-12-2-4-14-28(26)37(27)30-16-9-19-35-38(30)29-15-6-8-18-33(29)40-35/h1-22H/i5D,6D,7D,8D,9D,10D,11D,12D,13D,14D,15D,16D,17D,18D,19D,20D,21D,22D. The summed E-state index contributed by atoms with van der Waals surface area (Å²) in [5.74, 6) is 0. The van der Waals surface area contributed by atoms with Gasteiger partial charge < -0.3 is 8.83 Å². The maximum absolute atomic E-state index is 9.57. The van der Waals surface area contributed by atoms with Crippen molar-refractivity contribution in [2.24, 2.45) is 0 Å². The molecule has 0 saturated carbocycles. The minimum Gasteiger partial charge on any atom is -0.456 e. The average Bonchev–Trinajstić information content (AvgIpc) is 3.80. The minimum atomic E-state index is -0.702. The summed E-state index contributed by atoms with van der Waals surface area (Å²) in [5.41, 5.74) is -2.65. The van der Waals surface area contributed by atoms with Crippen molar-refractivity contribution in [2.45, 2.75) is 0 Å². The Hall–Kier alpha value is -5.34. The molecule has 0 saturated heterocycles. The molecular weight excluding hydrogens is 488 g/mol. The molecule has 186 valence electrons. The van der Waals surface area contributed by atoms with Crippen molar-refractivity contribution in [1.29, 1.82) is 0 Å². The van der Waals surface area contributed by atoms with Crippen LogP contribution in [0.5, 0.6) is 0 Å². The van der Waals surface area contributed by atoms with Gasteiger partial charge in [0.05, 0.1) is 24.7 Å². The zero-order valence-corrected chi connectivity index (χ0v) is 20.1. The van der Waals surface area contributed by atoms with Crippen LogP contribution in [0.25, 0.3) is 87.7 Å². The first-order valence-corrected chi connectivity index (χ1v) is 12.1. The van der Waals surface area contributed by atoms with Crippen molar-refractivity contribution in [2.75, 3.05) is 0 Å².